The van der Waals surface area contributed by atoms with Crippen molar-refractivity contribution in [1.82, 2.24) is 9.80 Å². The number of benzene rings is 2. The molecule has 0 N–H and O–H groups in total. The normalized spacial score (nSPS) is 14.0. The first-order valence-electron chi connectivity index (χ1n) is 15.4. The number of carbonyl (C=O) groups is 4. The van der Waals surface area contributed by atoms with Crippen molar-refractivity contribution in [3.8, 4) is 0 Å². The Balaban J connectivity index is 0.879. The Labute approximate surface area is 257 Å². The molecule has 0 unspecified atom stereocenters. The average Bonchev–Trinajstić information content (AvgIpc) is 3.45. The molecular formula is C36H36N4O4+2. The lowest BCUT2D eigenvalue weighted by atomic mass is 10.1. The van der Waals surface area contributed by atoms with E-state index in [2.05, 4.69) is 58.2 Å². The Bertz CT molecular complexity index is 1500. The number of nitrogens with zero attached hydrogens (tertiary/aromatic N) is 4. The second kappa shape index (κ2) is 13.1. The van der Waals surface area contributed by atoms with Crippen LogP contribution >= 0.6 is 0 Å². The zero-order chi connectivity index (χ0) is 30.5. The molecule has 0 radical (unpaired) electrons. The van der Waals surface area contributed by atoms with Crippen molar-refractivity contribution >= 4 is 23.6 Å². The molecule has 4 amide bonds. The van der Waals surface area contributed by atoms with E-state index >= 15 is 0 Å². The van der Waals surface area contributed by atoms with Gasteiger partial charge in [0.25, 0.3) is 23.6 Å². The first-order valence-corrected chi connectivity index (χ1v) is 15.4. The largest absolute Gasteiger partial charge is 0.274 e. The van der Waals surface area contributed by atoms with Crippen LogP contribution < -0.4 is 9.13 Å². The van der Waals surface area contributed by atoms with Gasteiger partial charge in [0.2, 0.25) is 0 Å². The average molecular weight is 589 g/mol. The van der Waals surface area contributed by atoms with Gasteiger partial charge in [-0.3, -0.25) is 29.0 Å². The first-order chi connectivity index (χ1) is 21.5. The van der Waals surface area contributed by atoms with Gasteiger partial charge in [0, 0.05) is 50.2 Å². The Morgan fingerprint density at radius 3 is 1.07 bits per heavy atom. The number of aromatic nitrogens is 2. The maximum atomic E-state index is 12.5. The van der Waals surface area contributed by atoms with Gasteiger partial charge in [-0.1, -0.05) is 24.3 Å². The molecule has 2 aromatic heterocycles. The molecule has 2 aliphatic rings. The summed E-state index contributed by atoms with van der Waals surface area (Å²) in [6, 6.07) is 22.7. The molecule has 0 saturated heterocycles. The summed E-state index contributed by atoms with van der Waals surface area (Å²) in [5, 5.41) is 0. The summed E-state index contributed by atoms with van der Waals surface area (Å²) in [5.74, 6) is -0.748. The number of hydrogen-bond donors (Lipinski definition) is 0. The quantitative estimate of drug-likeness (QED) is 0.133. The van der Waals surface area contributed by atoms with E-state index in [4.69, 9.17) is 0 Å². The van der Waals surface area contributed by atoms with Crippen molar-refractivity contribution in [2.45, 2.75) is 51.6 Å². The van der Waals surface area contributed by atoms with Crippen molar-refractivity contribution in [2.75, 3.05) is 13.1 Å². The maximum Gasteiger partial charge on any atom is 0.261 e. The molecule has 222 valence electrons. The highest BCUT2D eigenvalue weighted by atomic mass is 16.2. The van der Waals surface area contributed by atoms with Crippen LogP contribution in [0.4, 0.5) is 0 Å². The Kier molecular flexibility index (Phi) is 8.68. The van der Waals surface area contributed by atoms with E-state index in [9.17, 15) is 19.2 Å². The molecule has 0 aliphatic carbocycles. The van der Waals surface area contributed by atoms with Gasteiger partial charge >= 0.3 is 0 Å². The fourth-order valence-electron chi connectivity index (χ4n) is 5.91. The van der Waals surface area contributed by atoms with Crippen molar-refractivity contribution < 1.29 is 28.3 Å². The lowest BCUT2D eigenvalue weighted by molar-refractivity contribution is -0.697. The highest BCUT2D eigenvalue weighted by molar-refractivity contribution is 6.22. The minimum absolute atomic E-state index is 0.187. The summed E-state index contributed by atoms with van der Waals surface area (Å²) in [4.78, 5) is 52.8. The summed E-state index contributed by atoms with van der Waals surface area (Å²) in [5.41, 5.74) is 4.58. The fraction of sp³-hybridized carbons (Fsp3) is 0.278. The molecule has 44 heavy (non-hydrogen) atoms. The van der Waals surface area contributed by atoms with Gasteiger partial charge in [0.1, 0.15) is 13.1 Å². The Morgan fingerprint density at radius 2 is 0.750 bits per heavy atom. The molecule has 0 spiro atoms. The van der Waals surface area contributed by atoms with E-state index in [0.717, 1.165) is 51.6 Å². The van der Waals surface area contributed by atoms with Crippen LogP contribution in [-0.2, 0) is 25.9 Å². The SMILES string of the molecule is O=C1c2ccccc2C(=O)N1CCCC[n+]1ccc(CCc2cc[n+](CCCCN3C(=O)c4ccccc4C3=O)cc2)cc1. The molecule has 4 aromatic rings. The van der Waals surface area contributed by atoms with E-state index in [1.807, 2.05) is 0 Å². The van der Waals surface area contributed by atoms with Gasteiger partial charge in [-0.25, -0.2) is 9.13 Å². The number of unbranched alkanes of at least 4 members (excludes halogenated alkanes) is 2. The summed E-state index contributed by atoms with van der Waals surface area (Å²) in [6.07, 6.45) is 13.6. The van der Waals surface area contributed by atoms with Gasteiger partial charge < -0.3 is 0 Å². The van der Waals surface area contributed by atoms with Crippen LogP contribution in [0, 0.1) is 0 Å². The van der Waals surface area contributed by atoms with Crippen LogP contribution in [0.3, 0.4) is 0 Å². The van der Waals surface area contributed by atoms with E-state index in [1.165, 1.54) is 20.9 Å². The van der Waals surface area contributed by atoms with E-state index < -0.39 is 0 Å². The number of amides is 4. The van der Waals surface area contributed by atoms with Crippen molar-refractivity contribution in [1.29, 1.82) is 0 Å². The minimum atomic E-state index is -0.187. The zero-order valence-corrected chi connectivity index (χ0v) is 24.7. The van der Waals surface area contributed by atoms with E-state index in [0.29, 0.717) is 35.3 Å². The molecule has 0 atom stereocenters. The van der Waals surface area contributed by atoms with Gasteiger partial charge in [-0.2, -0.15) is 0 Å². The third kappa shape index (κ3) is 6.20. The predicted octanol–water partition coefficient (Wildman–Crippen LogP) is 4.20. The third-order valence-corrected chi connectivity index (χ3v) is 8.48. The van der Waals surface area contributed by atoms with Crippen LogP contribution in [0.15, 0.2) is 97.6 Å². The molecule has 6 rings (SSSR count). The summed E-state index contributed by atoms with van der Waals surface area (Å²) in [6.45, 7) is 2.55. The molecular weight excluding hydrogens is 552 g/mol. The molecule has 0 bridgehead atoms. The van der Waals surface area contributed by atoms with Gasteiger partial charge in [-0.05, 0) is 61.1 Å². The van der Waals surface area contributed by atoms with Crippen LogP contribution in [0.5, 0.6) is 0 Å². The number of fused-ring (bicyclic) bond motifs is 2. The second-order valence-electron chi connectivity index (χ2n) is 11.4. The first kappa shape index (κ1) is 29.1. The van der Waals surface area contributed by atoms with Crippen LogP contribution in [0.1, 0.15) is 78.2 Å². The molecule has 8 nitrogen and oxygen atoms in total. The Hall–Kier alpha value is -4.98. The number of imide groups is 2. The van der Waals surface area contributed by atoms with Crippen LogP contribution in [0.25, 0.3) is 0 Å². The summed E-state index contributed by atoms with van der Waals surface area (Å²) < 4.78 is 4.29. The number of hydrogen-bond acceptors (Lipinski definition) is 4. The van der Waals surface area contributed by atoms with Crippen LogP contribution in [0.2, 0.25) is 0 Å². The predicted molar refractivity (Wildman–Crippen MR) is 163 cm³/mol. The number of rotatable bonds is 13. The topological polar surface area (TPSA) is 82.5 Å². The zero-order valence-electron chi connectivity index (χ0n) is 24.7. The molecule has 2 aliphatic heterocycles. The highest BCUT2D eigenvalue weighted by Gasteiger charge is 2.35. The minimum Gasteiger partial charge on any atom is -0.274 e. The van der Waals surface area contributed by atoms with Gasteiger partial charge in [0.05, 0.1) is 22.3 Å². The van der Waals surface area contributed by atoms with Gasteiger partial charge in [0.15, 0.2) is 24.8 Å². The number of aryl methyl sites for hydroxylation is 4. The van der Waals surface area contributed by atoms with Crippen molar-refractivity contribution in [2.24, 2.45) is 0 Å². The molecule has 0 fully saturated rings. The molecule has 2 aromatic carbocycles. The van der Waals surface area contributed by atoms with Gasteiger partial charge in [-0.15, -0.1) is 0 Å². The van der Waals surface area contributed by atoms with E-state index in [-0.39, 0.29) is 23.6 Å². The third-order valence-electron chi connectivity index (χ3n) is 8.48. The molecule has 0 saturated carbocycles. The number of pyridine rings is 2. The fourth-order valence-corrected chi connectivity index (χ4v) is 5.91. The molecule has 4 heterocycles. The second-order valence-corrected chi connectivity index (χ2v) is 11.4. The summed E-state index contributed by atoms with van der Waals surface area (Å²) in [7, 11) is 0. The maximum absolute atomic E-state index is 12.5. The molecule has 8 heteroatoms. The van der Waals surface area contributed by atoms with Crippen LogP contribution in [-0.4, -0.2) is 46.5 Å². The standard InChI is InChI=1S/C36H36N4O4/c41-33-29-9-1-2-10-30(29)34(42)39(33)21-7-5-19-37-23-15-27(16-24-37)13-14-28-17-25-38(26-18-28)20-6-8-22-40-35(43)31-11-3-4-12-32(31)36(40)44/h1-4,9-12,15-18,23-26H,5-8,13-14,19-22H2/q+2. The van der Waals surface area contributed by atoms with E-state index in [1.54, 1.807) is 48.5 Å². The Morgan fingerprint density at radius 1 is 0.432 bits per heavy atom. The lowest BCUT2D eigenvalue weighted by Crippen LogP contribution is -2.34. The monoisotopic (exact) mass is 588 g/mol. The highest BCUT2D eigenvalue weighted by Crippen LogP contribution is 2.23. The number of carbonyl (C=O) groups excluding carboxylic acids is 4. The lowest BCUT2D eigenvalue weighted by Gasteiger charge is -2.12. The van der Waals surface area contributed by atoms with Crippen molar-refractivity contribution in [3.05, 3.63) is 131 Å². The summed E-state index contributed by atoms with van der Waals surface area (Å²) >= 11 is 0. The van der Waals surface area contributed by atoms with Crippen molar-refractivity contribution in [3.63, 3.8) is 0 Å². The smallest absolute Gasteiger partial charge is 0.261 e.